The highest BCUT2D eigenvalue weighted by molar-refractivity contribution is 8.00. The van der Waals surface area contributed by atoms with E-state index in [0.717, 1.165) is 28.6 Å². The molecule has 0 radical (unpaired) electrons. The van der Waals surface area contributed by atoms with Crippen molar-refractivity contribution in [1.82, 2.24) is 0 Å². The first-order valence-electron chi connectivity index (χ1n) is 5.60. The van der Waals surface area contributed by atoms with E-state index >= 15 is 0 Å². The van der Waals surface area contributed by atoms with E-state index in [4.69, 9.17) is 9.47 Å². The molecule has 0 amide bonds. The molecule has 0 bridgehead atoms. The maximum Gasteiger partial charge on any atom is 0.161 e. The number of rotatable bonds is 5. The second-order valence-corrected chi connectivity index (χ2v) is 5.22. The van der Waals surface area contributed by atoms with Crippen LogP contribution in [0, 0.1) is 0 Å². The lowest BCUT2D eigenvalue weighted by atomic mass is 10.1. The molecule has 1 aromatic rings. The summed E-state index contributed by atoms with van der Waals surface area (Å²) in [7, 11) is 1.63. The van der Waals surface area contributed by atoms with Gasteiger partial charge in [-0.25, -0.2) is 0 Å². The first-order valence-corrected chi connectivity index (χ1v) is 6.75. The second kappa shape index (κ2) is 5.45. The van der Waals surface area contributed by atoms with E-state index in [1.54, 1.807) is 14.0 Å². The van der Waals surface area contributed by atoms with Gasteiger partial charge in [-0.3, -0.25) is 4.79 Å². The van der Waals surface area contributed by atoms with Gasteiger partial charge in [0.25, 0.3) is 0 Å². The maximum atomic E-state index is 11.1. The smallest absolute Gasteiger partial charge is 0.161 e. The molecule has 4 heteroatoms. The van der Waals surface area contributed by atoms with Crippen LogP contribution >= 0.6 is 11.8 Å². The predicted molar refractivity (Wildman–Crippen MR) is 69.1 cm³/mol. The normalized spacial score (nSPS) is 15.2. The van der Waals surface area contributed by atoms with Gasteiger partial charge in [0.1, 0.15) is 11.9 Å². The van der Waals surface area contributed by atoms with E-state index in [2.05, 4.69) is 0 Å². The Labute approximate surface area is 105 Å². The molecular weight excluding hydrogens is 236 g/mol. The fourth-order valence-electron chi connectivity index (χ4n) is 1.67. The summed E-state index contributed by atoms with van der Waals surface area (Å²) < 4.78 is 11.1. The van der Waals surface area contributed by atoms with Crippen LogP contribution in [0.5, 0.6) is 11.5 Å². The van der Waals surface area contributed by atoms with Crippen molar-refractivity contribution in [3.05, 3.63) is 23.8 Å². The zero-order valence-corrected chi connectivity index (χ0v) is 10.9. The summed E-state index contributed by atoms with van der Waals surface area (Å²) in [5.74, 6) is 3.69. The van der Waals surface area contributed by atoms with Crippen LogP contribution in [0.2, 0.25) is 0 Å². The number of hydrogen-bond acceptors (Lipinski definition) is 4. The highest BCUT2D eigenvalue weighted by Gasteiger charge is 2.21. The van der Waals surface area contributed by atoms with Gasteiger partial charge in [0, 0.05) is 17.9 Å². The Morgan fingerprint density at radius 2 is 2.18 bits per heavy atom. The lowest BCUT2D eigenvalue weighted by Crippen LogP contribution is -2.31. The molecule has 0 aliphatic carbocycles. The molecular formula is C13H16O3S. The Bertz CT molecular complexity index is 413. The van der Waals surface area contributed by atoms with Crippen LogP contribution < -0.4 is 9.47 Å². The quantitative estimate of drug-likeness (QED) is 0.805. The number of carbonyl (C=O) groups excluding carboxylic acids is 1. The van der Waals surface area contributed by atoms with E-state index in [1.807, 2.05) is 30.0 Å². The van der Waals surface area contributed by atoms with Crippen molar-refractivity contribution in [2.75, 3.05) is 18.6 Å². The molecule has 1 aliphatic heterocycles. The van der Waals surface area contributed by atoms with Crippen molar-refractivity contribution in [2.45, 2.75) is 19.4 Å². The summed E-state index contributed by atoms with van der Waals surface area (Å²) >= 11 is 1.87. The van der Waals surface area contributed by atoms with E-state index in [9.17, 15) is 4.79 Å². The summed E-state index contributed by atoms with van der Waals surface area (Å²) in [5.41, 5.74) is 0.972. The molecule has 17 heavy (non-hydrogen) atoms. The van der Waals surface area contributed by atoms with Gasteiger partial charge in [0.15, 0.2) is 11.5 Å². The third-order valence-corrected chi connectivity index (χ3v) is 3.80. The molecule has 3 nitrogen and oxygen atoms in total. The van der Waals surface area contributed by atoms with Gasteiger partial charge in [0.2, 0.25) is 0 Å². The summed E-state index contributed by atoms with van der Waals surface area (Å²) in [4.78, 5) is 11.1. The fourth-order valence-corrected chi connectivity index (χ4v) is 2.24. The molecule has 2 rings (SSSR count). The van der Waals surface area contributed by atoms with Gasteiger partial charge in [-0.15, -0.1) is 0 Å². The Kier molecular flexibility index (Phi) is 3.94. The van der Waals surface area contributed by atoms with Crippen LogP contribution in [-0.2, 0) is 11.2 Å². The molecule has 0 unspecified atom stereocenters. The van der Waals surface area contributed by atoms with E-state index < -0.39 is 0 Å². The first-order chi connectivity index (χ1) is 8.19. The van der Waals surface area contributed by atoms with Gasteiger partial charge in [-0.1, -0.05) is 6.07 Å². The summed E-state index contributed by atoms with van der Waals surface area (Å²) in [6, 6.07) is 5.67. The summed E-state index contributed by atoms with van der Waals surface area (Å²) in [6.07, 6.45) is 0.723. The van der Waals surface area contributed by atoms with Gasteiger partial charge < -0.3 is 9.47 Å². The fraction of sp³-hybridized carbons (Fsp3) is 0.462. The average molecular weight is 252 g/mol. The molecule has 1 fully saturated rings. The lowest BCUT2D eigenvalue weighted by molar-refractivity contribution is -0.116. The predicted octanol–water partition coefficient (Wildman–Crippen LogP) is 2.32. The average Bonchev–Trinajstić information content (AvgIpc) is 2.23. The van der Waals surface area contributed by atoms with E-state index in [0.29, 0.717) is 6.42 Å². The number of benzene rings is 1. The summed E-state index contributed by atoms with van der Waals surface area (Å²) in [6.45, 7) is 1.59. The van der Waals surface area contributed by atoms with Crippen LogP contribution in [0.25, 0.3) is 0 Å². The lowest BCUT2D eigenvalue weighted by Gasteiger charge is -2.26. The van der Waals surface area contributed by atoms with Crippen LogP contribution in [0.15, 0.2) is 18.2 Å². The molecule has 1 saturated heterocycles. The number of methoxy groups -OCH3 is 1. The van der Waals surface area contributed by atoms with Gasteiger partial charge in [0.05, 0.1) is 7.11 Å². The van der Waals surface area contributed by atoms with Gasteiger partial charge in [-0.05, 0) is 24.6 Å². The largest absolute Gasteiger partial charge is 0.493 e. The Morgan fingerprint density at radius 1 is 1.41 bits per heavy atom. The van der Waals surface area contributed by atoms with Crippen molar-refractivity contribution >= 4 is 17.5 Å². The Balaban J connectivity index is 2.15. The molecule has 1 heterocycles. The van der Waals surface area contributed by atoms with Crippen molar-refractivity contribution in [2.24, 2.45) is 0 Å². The molecule has 0 spiro atoms. The molecule has 0 N–H and O–H groups in total. The molecule has 0 atom stereocenters. The first kappa shape index (κ1) is 12.3. The molecule has 92 valence electrons. The van der Waals surface area contributed by atoms with E-state index in [-0.39, 0.29) is 11.9 Å². The van der Waals surface area contributed by atoms with Crippen LogP contribution in [0.1, 0.15) is 12.5 Å². The number of ketones is 1. The minimum absolute atomic E-state index is 0.153. The number of carbonyl (C=O) groups is 1. The maximum absolute atomic E-state index is 11.1. The second-order valence-electron chi connectivity index (χ2n) is 4.14. The van der Waals surface area contributed by atoms with Crippen molar-refractivity contribution in [1.29, 1.82) is 0 Å². The van der Waals surface area contributed by atoms with Crippen LogP contribution in [-0.4, -0.2) is 30.5 Å². The highest BCUT2D eigenvalue weighted by atomic mass is 32.2. The Morgan fingerprint density at radius 3 is 2.71 bits per heavy atom. The topological polar surface area (TPSA) is 35.5 Å². The zero-order valence-electron chi connectivity index (χ0n) is 10.1. The molecule has 0 aromatic heterocycles. The third-order valence-electron chi connectivity index (χ3n) is 2.58. The zero-order chi connectivity index (χ0) is 12.3. The van der Waals surface area contributed by atoms with Gasteiger partial charge in [-0.2, -0.15) is 11.8 Å². The van der Waals surface area contributed by atoms with Crippen molar-refractivity contribution < 1.29 is 14.3 Å². The monoisotopic (exact) mass is 252 g/mol. The number of thioether (sulfide) groups is 1. The number of hydrogen-bond donors (Lipinski definition) is 0. The van der Waals surface area contributed by atoms with E-state index in [1.165, 1.54) is 0 Å². The van der Waals surface area contributed by atoms with Gasteiger partial charge >= 0.3 is 0 Å². The SMILES string of the molecule is COc1ccc(CC(C)=O)cc1OC1CSC1. The standard InChI is InChI=1S/C13H16O3S/c1-9(14)5-10-3-4-12(15-2)13(6-10)16-11-7-17-8-11/h3-4,6,11H,5,7-8H2,1-2H3. The number of ether oxygens (including phenoxy) is 2. The number of Topliss-reactive ketones (excluding diaryl/α,β-unsaturated/α-hetero) is 1. The highest BCUT2D eigenvalue weighted by Crippen LogP contribution is 2.32. The Hall–Kier alpha value is -1.16. The van der Waals surface area contributed by atoms with Crippen molar-refractivity contribution in [3.8, 4) is 11.5 Å². The van der Waals surface area contributed by atoms with Crippen LogP contribution in [0.3, 0.4) is 0 Å². The summed E-state index contributed by atoms with van der Waals surface area (Å²) in [5, 5.41) is 0. The van der Waals surface area contributed by atoms with Crippen LogP contribution in [0.4, 0.5) is 0 Å². The third kappa shape index (κ3) is 3.16. The molecule has 1 aromatic carbocycles. The molecule has 0 saturated carbocycles. The molecule has 1 aliphatic rings. The van der Waals surface area contributed by atoms with Crippen molar-refractivity contribution in [3.63, 3.8) is 0 Å². The minimum Gasteiger partial charge on any atom is -0.493 e. The minimum atomic E-state index is 0.153.